The van der Waals surface area contributed by atoms with Crippen molar-refractivity contribution in [3.05, 3.63) is 599 Å². The van der Waals surface area contributed by atoms with Crippen molar-refractivity contribution >= 4 is 34.1 Å². The van der Waals surface area contributed by atoms with Crippen LogP contribution < -0.4 is 9.80 Å². The molecule has 0 fully saturated rings. The molecule has 2 heteroatoms. The van der Waals surface area contributed by atoms with E-state index in [1.807, 2.05) is 0 Å². The van der Waals surface area contributed by atoms with Crippen molar-refractivity contribution in [3.8, 4) is 77.9 Å². The highest BCUT2D eigenvalue weighted by molar-refractivity contribution is 5.98. The number of rotatable bonds is 17. The van der Waals surface area contributed by atoms with Gasteiger partial charge in [-0.2, -0.15) is 0 Å². The molecule has 20 aromatic carbocycles. The van der Waals surface area contributed by atoms with Gasteiger partial charge >= 0.3 is 0 Å². The standard InChI is InChI=1S/C124H84N2/c1-9-35-85(36-10-1)88-67-71-98(72-68-88)125(101-73-77-108-104-52-25-30-56-112(104)123(118(108)83-101,93-43-17-5-18-44-93)94-45-19-6-20-46-94)99-75-79-117-110(81-99)106-54-28-33-59-115(106)122(117,92-41-15-4-16-42-92)97-69-65-87(66-70-97)86-61-63-89(64-62-86)103-51-29-34-60-120(103)126(100-76-80-116-111(82-100)107-55-27-32-58-114(107)121(116,90-37-11-2-12-38-90)91-39-13-3-14-40-91)102-74-78-109-105-53-26-31-57-113(105)124(119(109)84-102,95-47-21-7-22-48-95)96-49-23-8-24-50-96/h1-84H. The Morgan fingerprint density at radius 1 is 0.119 bits per heavy atom. The third kappa shape index (κ3) is 11.2. The fourth-order valence-corrected chi connectivity index (χ4v) is 22.6. The maximum absolute atomic E-state index is 2.54. The SMILES string of the molecule is c1ccc(-c2ccc(N(c3ccc4c(c3)-c3ccccc3C4(c3ccccc3)c3ccc(-c4ccc(-c5ccccc5N(c5ccc6c(c5)-c5ccccc5C6(c5ccccc5)c5ccccc5)c5ccc6c(c5)C(c5ccccc5)(c5ccccc5)c5ccccc5-6)cc4)cc3)c3ccc4c(c3)C(c3ccccc3)(c3ccccc3)c3ccccc3-4)cc2)cc1. The summed E-state index contributed by atoms with van der Waals surface area (Å²) < 4.78 is 0. The molecule has 1 atom stereocenters. The number of fused-ring (bicyclic) bond motifs is 12. The largest absolute Gasteiger partial charge is 0.310 e. The predicted molar refractivity (Wildman–Crippen MR) is 521 cm³/mol. The van der Waals surface area contributed by atoms with Gasteiger partial charge in [-0.05, 0) is 228 Å². The van der Waals surface area contributed by atoms with E-state index < -0.39 is 21.7 Å². The zero-order chi connectivity index (χ0) is 83.3. The van der Waals surface area contributed by atoms with Crippen LogP contribution in [0.3, 0.4) is 0 Å². The first-order valence-corrected chi connectivity index (χ1v) is 43.9. The van der Waals surface area contributed by atoms with E-state index in [4.69, 9.17) is 0 Å². The predicted octanol–water partition coefficient (Wildman–Crippen LogP) is 31.1. The van der Waals surface area contributed by atoms with Crippen molar-refractivity contribution in [1.82, 2.24) is 0 Å². The van der Waals surface area contributed by atoms with E-state index in [1.54, 1.807) is 0 Å². The third-order valence-corrected chi connectivity index (χ3v) is 27.8. The number of anilines is 6. The summed E-state index contributed by atoms with van der Waals surface area (Å²) in [5, 5.41) is 0. The summed E-state index contributed by atoms with van der Waals surface area (Å²) in [5.41, 5.74) is 40.6. The normalized spacial score (nSPS) is 14.6. The Kier molecular flexibility index (Phi) is 17.6. The highest BCUT2D eigenvalue weighted by atomic mass is 15.2. The van der Waals surface area contributed by atoms with Crippen LogP contribution in [-0.2, 0) is 21.7 Å². The van der Waals surface area contributed by atoms with Crippen LogP contribution in [0.2, 0.25) is 0 Å². The van der Waals surface area contributed by atoms with E-state index in [1.165, 1.54) is 145 Å². The first kappa shape index (κ1) is 73.9. The van der Waals surface area contributed by atoms with Gasteiger partial charge in [-0.25, -0.2) is 0 Å². The molecule has 24 rings (SSSR count). The lowest BCUT2D eigenvalue weighted by atomic mass is 9.67. The van der Waals surface area contributed by atoms with Crippen molar-refractivity contribution in [2.24, 2.45) is 0 Å². The topological polar surface area (TPSA) is 6.48 Å². The Bertz CT molecular complexity index is 7400. The van der Waals surface area contributed by atoms with Crippen LogP contribution in [0.25, 0.3) is 77.9 Å². The fraction of sp³-hybridized carbons (Fsp3) is 0.0323. The molecular formula is C124H84N2. The second-order valence-corrected chi connectivity index (χ2v) is 33.9. The Morgan fingerprint density at radius 3 is 0.714 bits per heavy atom. The van der Waals surface area contributed by atoms with Crippen LogP contribution in [0.4, 0.5) is 34.1 Å². The molecule has 0 aromatic heterocycles. The highest BCUT2D eigenvalue weighted by Gasteiger charge is 2.51. The molecule has 126 heavy (non-hydrogen) atoms. The Hall–Kier alpha value is -16.0. The molecule has 0 saturated carbocycles. The molecule has 0 saturated heterocycles. The lowest BCUT2D eigenvalue weighted by molar-refractivity contribution is 0.768. The minimum absolute atomic E-state index is 0.562. The molecule has 4 aliphatic rings. The average molecular weight is 1600 g/mol. The zero-order valence-electron chi connectivity index (χ0n) is 69.4. The van der Waals surface area contributed by atoms with Crippen LogP contribution in [0.5, 0.6) is 0 Å². The highest BCUT2D eigenvalue weighted by Crippen LogP contribution is 2.64. The van der Waals surface area contributed by atoms with Crippen LogP contribution in [-0.4, -0.2) is 0 Å². The van der Waals surface area contributed by atoms with Gasteiger partial charge in [-0.1, -0.05) is 443 Å². The molecule has 1 unspecified atom stereocenters. The summed E-state index contributed by atoms with van der Waals surface area (Å²) in [6.45, 7) is 0. The number of para-hydroxylation sites is 1. The summed E-state index contributed by atoms with van der Waals surface area (Å²) in [5.74, 6) is 0. The van der Waals surface area contributed by atoms with E-state index >= 15 is 0 Å². The van der Waals surface area contributed by atoms with Crippen molar-refractivity contribution in [3.63, 3.8) is 0 Å². The van der Waals surface area contributed by atoms with Crippen molar-refractivity contribution in [1.29, 1.82) is 0 Å². The molecule has 0 bridgehead atoms. The molecule has 0 amide bonds. The van der Waals surface area contributed by atoms with Gasteiger partial charge in [0.1, 0.15) is 0 Å². The number of nitrogens with zero attached hydrogens (tertiary/aromatic N) is 2. The smallest absolute Gasteiger partial charge is 0.0714 e. The summed E-state index contributed by atoms with van der Waals surface area (Å²) in [4.78, 5) is 5.03. The van der Waals surface area contributed by atoms with Gasteiger partial charge in [0.25, 0.3) is 0 Å². The van der Waals surface area contributed by atoms with Gasteiger partial charge in [-0.3, -0.25) is 0 Å². The molecule has 0 spiro atoms. The summed E-state index contributed by atoms with van der Waals surface area (Å²) in [7, 11) is 0. The second-order valence-electron chi connectivity index (χ2n) is 33.9. The van der Waals surface area contributed by atoms with Gasteiger partial charge in [0, 0.05) is 34.0 Å². The molecule has 0 N–H and O–H groups in total. The molecule has 0 radical (unpaired) electrons. The van der Waals surface area contributed by atoms with E-state index in [-0.39, 0.29) is 0 Å². The van der Waals surface area contributed by atoms with E-state index in [0.29, 0.717) is 0 Å². The molecular weight excluding hydrogens is 1520 g/mol. The molecule has 2 nitrogen and oxygen atoms in total. The van der Waals surface area contributed by atoms with Crippen molar-refractivity contribution in [2.75, 3.05) is 9.80 Å². The quantitative estimate of drug-likeness (QED) is 0.0896. The lowest BCUT2D eigenvalue weighted by Crippen LogP contribution is -2.29. The Labute approximate surface area is 736 Å². The summed E-state index contributed by atoms with van der Waals surface area (Å²) >= 11 is 0. The van der Waals surface area contributed by atoms with Crippen LogP contribution in [0.1, 0.15) is 89.0 Å². The number of benzene rings is 20. The fourth-order valence-electron chi connectivity index (χ4n) is 22.6. The maximum Gasteiger partial charge on any atom is 0.0714 e. The van der Waals surface area contributed by atoms with E-state index in [9.17, 15) is 0 Å². The van der Waals surface area contributed by atoms with Crippen molar-refractivity contribution in [2.45, 2.75) is 21.7 Å². The van der Waals surface area contributed by atoms with Crippen LogP contribution in [0.15, 0.2) is 510 Å². The van der Waals surface area contributed by atoms with Gasteiger partial charge in [-0.15, -0.1) is 0 Å². The molecule has 590 valence electrons. The minimum atomic E-state index is -0.668. The van der Waals surface area contributed by atoms with Crippen LogP contribution in [0, 0.1) is 0 Å². The monoisotopic (exact) mass is 1600 g/mol. The van der Waals surface area contributed by atoms with Gasteiger partial charge in [0.05, 0.1) is 27.3 Å². The van der Waals surface area contributed by atoms with E-state index in [2.05, 4.69) is 519 Å². The first-order valence-electron chi connectivity index (χ1n) is 43.9. The molecule has 0 aliphatic heterocycles. The lowest BCUT2D eigenvalue weighted by Gasteiger charge is -2.35. The molecule has 20 aromatic rings. The van der Waals surface area contributed by atoms with E-state index in [0.717, 1.165) is 56.4 Å². The number of hydrogen-bond donors (Lipinski definition) is 0. The number of hydrogen-bond acceptors (Lipinski definition) is 2. The minimum Gasteiger partial charge on any atom is -0.310 e. The average Bonchev–Trinajstić information content (AvgIpc) is 1.55. The first-order chi connectivity index (χ1) is 62.5. The zero-order valence-corrected chi connectivity index (χ0v) is 69.4. The second kappa shape index (κ2) is 30.0. The molecule has 0 heterocycles. The summed E-state index contributed by atoms with van der Waals surface area (Å²) in [6, 6.07) is 191. The maximum atomic E-state index is 2.54. The van der Waals surface area contributed by atoms with Gasteiger partial charge < -0.3 is 9.80 Å². The Morgan fingerprint density at radius 2 is 0.341 bits per heavy atom. The van der Waals surface area contributed by atoms with Gasteiger partial charge in [0.2, 0.25) is 0 Å². The third-order valence-electron chi connectivity index (χ3n) is 27.8. The Balaban J connectivity index is 0.632. The van der Waals surface area contributed by atoms with Gasteiger partial charge in [0.15, 0.2) is 0 Å². The van der Waals surface area contributed by atoms with Crippen molar-refractivity contribution < 1.29 is 0 Å². The van der Waals surface area contributed by atoms with Crippen LogP contribution >= 0.6 is 0 Å². The summed E-state index contributed by atoms with van der Waals surface area (Å²) in [6.07, 6.45) is 0. The molecule has 4 aliphatic carbocycles.